The monoisotopic (exact) mass is 434 g/mol. The summed E-state index contributed by atoms with van der Waals surface area (Å²) in [6, 6.07) is 10.8. The topological polar surface area (TPSA) is 120 Å². The van der Waals surface area contributed by atoms with E-state index in [1.807, 2.05) is 24.3 Å². The molecule has 1 atom stereocenters. The number of methoxy groups -OCH3 is 1. The Morgan fingerprint density at radius 1 is 1.09 bits per heavy atom. The summed E-state index contributed by atoms with van der Waals surface area (Å²) in [5.74, 6) is 1.41. The van der Waals surface area contributed by atoms with E-state index in [4.69, 9.17) is 14.3 Å². The summed E-state index contributed by atoms with van der Waals surface area (Å²) in [4.78, 5) is 21.6. The van der Waals surface area contributed by atoms with Gasteiger partial charge in [-0.05, 0) is 18.2 Å². The molecule has 10 heteroatoms. The lowest BCUT2D eigenvalue weighted by molar-refractivity contribution is 0.0472. The highest BCUT2D eigenvalue weighted by molar-refractivity contribution is 5.94. The zero-order valence-electron chi connectivity index (χ0n) is 17.4. The number of urea groups is 1. The van der Waals surface area contributed by atoms with E-state index in [1.165, 1.54) is 12.4 Å². The van der Waals surface area contributed by atoms with E-state index in [1.54, 1.807) is 31.6 Å². The summed E-state index contributed by atoms with van der Waals surface area (Å²) in [5.41, 5.74) is 3.00. The molecule has 2 amide bonds. The van der Waals surface area contributed by atoms with Gasteiger partial charge in [0.25, 0.3) is 0 Å². The van der Waals surface area contributed by atoms with E-state index in [0.29, 0.717) is 30.2 Å². The second-order valence-corrected chi connectivity index (χ2v) is 6.91. The second kappa shape index (κ2) is 10.2. The second-order valence-electron chi connectivity index (χ2n) is 6.91. The number of carbonyl (C=O) groups is 1. The number of oxime groups is 1. The summed E-state index contributed by atoms with van der Waals surface area (Å²) in [6.07, 6.45) is 6.68. The Hall–Kier alpha value is -4.21. The van der Waals surface area contributed by atoms with Crippen molar-refractivity contribution in [3.8, 4) is 22.6 Å². The maximum absolute atomic E-state index is 12.0. The summed E-state index contributed by atoms with van der Waals surface area (Å²) in [7, 11) is 1.62. The Balaban J connectivity index is 1.28. The number of pyridine rings is 1. The minimum Gasteiger partial charge on any atom is -0.496 e. The number of benzene rings is 1. The third-order valence-corrected chi connectivity index (χ3v) is 4.69. The maximum atomic E-state index is 12.0. The zero-order chi connectivity index (χ0) is 22.2. The number of nitrogens with one attached hydrogen (secondary N) is 2. The van der Waals surface area contributed by atoms with Crippen molar-refractivity contribution in [2.75, 3.05) is 25.6 Å². The van der Waals surface area contributed by atoms with E-state index in [-0.39, 0.29) is 18.7 Å². The molecule has 1 unspecified atom stereocenters. The lowest BCUT2D eigenvalue weighted by atomic mass is 10.1. The first kappa shape index (κ1) is 21.0. The molecule has 32 heavy (non-hydrogen) atoms. The number of para-hydroxylation sites is 1. The Morgan fingerprint density at radius 3 is 2.84 bits per heavy atom. The first-order valence-electron chi connectivity index (χ1n) is 9.96. The minimum atomic E-state index is -0.361. The van der Waals surface area contributed by atoms with E-state index in [9.17, 15) is 4.79 Å². The molecule has 1 aromatic carbocycles. The molecule has 0 fully saturated rings. The molecular weight excluding hydrogens is 412 g/mol. The fraction of sp³-hybridized carbons (Fsp3) is 0.227. The van der Waals surface area contributed by atoms with Gasteiger partial charge in [-0.2, -0.15) is 10.2 Å². The molecule has 3 heterocycles. The zero-order valence-corrected chi connectivity index (χ0v) is 17.4. The van der Waals surface area contributed by atoms with Crippen molar-refractivity contribution in [1.82, 2.24) is 20.5 Å². The van der Waals surface area contributed by atoms with Gasteiger partial charge in [0.2, 0.25) is 0 Å². The average molecular weight is 434 g/mol. The minimum absolute atomic E-state index is 0.247. The molecule has 0 radical (unpaired) electrons. The van der Waals surface area contributed by atoms with Gasteiger partial charge in [-0.3, -0.25) is 4.98 Å². The third-order valence-electron chi connectivity index (χ3n) is 4.69. The SMILES string of the molecule is COc1ccncc1-c1ccccc1OCC1CC(CNC(=O)Nc2ccnnc2)=NO1. The Kier molecular flexibility index (Phi) is 6.71. The van der Waals surface area contributed by atoms with Crippen molar-refractivity contribution in [3.05, 3.63) is 61.2 Å². The maximum Gasteiger partial charge on any atom is 0.319 e. The molecule has 3 aromatic rings. The summed E-state index contributed by atoms with van der Waals surface area (Å²) in [5, 5.41) is 16.8. The largest absolute Gasteiger partial charge is 0.496 e. The summed E-state index contributed by atoms with van der Waals surface area (Å²) < 4.78 is 11.5. The van der Waals surface area contributed by atoms with Gasteiger partial charge >= 0.3 is 6.03 Å². The molecule has 0 saturated carbocycles. The molecule has 1 aliphatic rings. The molecule has 4 rings (SSSR count). The van der Waals surface area contributed by atoms with E-state index in [0.717, 1.165) is 16.8 Å². The van der Waals surface area contributed by atoms with Crippen LogP contribution in [0, 0.1) is 0 Å². The predicted molar refractivity (Wildman–Crippen MR) is 118 cm³/mol. The van der Waals surface area contributed by atoms with Gasteiger partial charge in [0.1, 0.15) is 18.1 Å². The van der Waals surface area contributed by atoms with Crippen molar-refractivity contribution in [3.63, 3.8) is 0 Å². The van der Waals surface area contributed by atoms with Gasteiger partial charge in [-0.15, -0.1) is 0 Å². The van der Waals surface area contributed by atoms with Crippen LogP contribution in [0.15, 0.2) is 66.3 Å². The highest BCUT2D eigenvalue weighted by Gasteiger charge is 2.23. The molecule has 2 N–H and O–H groups in total. The van der Waals surface area contributed by atoms with Gasteiger partial charge in [-0.1, -0.05) is 23.4 Å². The van der Waals surface area contributed by atoms with Crippen LogP contribution < -0.4 is 20.1 Å². The van der Waals surface area contributed by atoms with Crippen molar-refractivity contribution >= 4 is 17.4 Å². The smallest absolute Gasteiger partial charge is 0.319 e. The number of hydrogen-bond acceptors (Lipinski definition) is 8. The standard InChI is InChI=1S/C22H22N6O4/c1-30-20-7-8-23-13-19(20)18-4-2-3-5-21(18)31-14-17-10-16(28-32-17)11-24-22(29)27-15-6-9-25-26-12-15/h2-9,12-13,17H,10-11,14H2,1H3,(H2,24,25,27,29). The van der Waals surface area contributed by atoms with Gasteiger partial charge in [-0.25, -0.2) is 4.79 Å². The fourth-order valence-electron chi connectivity index (χ4n) is 3.16. The Labute approximate surface area is 184 Å². The van der Waals surface area contributed by atoms with Crippen LogP contribution in [0.25, 0.3) is 11.1 Å². The predicted octanol–water partition coefficient (Wildman–Crippen LogP) is 2.89. The number of anilines is 1. The quantitative estimate of drug-likeness (QED) is 0.559. The number of hydrogen-bond donors (Lipinski definition) is 2. The molecular formula is C22H22N6O4. The Morgan fingerprint density at radius 2 is 2.00 bits per heavy atom. The highest BCUT2D eigenvalue weighted by atomic mass is 16.7. The first-order valence-corrected chi connectivity index (χ1v) is 9.96. The average Bonchev–Trinajstić information content (AvgIpc) is 3.30. The van der Waals surface area contributed by atoms with Crippen LogP contribution in [0.1, 0.15) is 6.42 Å². The molecule has 0 saturated heterocycles. The highest BCUT2D eigenvalue weighted by Crippen LogP contribution is 2.35. The summed E-state index contributed by atoms with van der Waals surface area (Å²) >= 11 is 0. The molecule has 2 aromatic heterocycles. The fourth-order valence-corrected chi connectivity index (χ4v) is 3.16. The van der Waals surface area contributed by atoms with Crippen LogP contribution in [0.5, 0.6) is 11.5 Å². The third kappa shape index (κ3) is 5.28. The molecule has 164 valence electrons. The van der Waals surface area contributed by atoms with E-state index >= 15 is 0 Å². The number of rotatable bonds is 8. The lowest BCUT2D eigenvalue weighted by Crippen LogP contribution is -2.33. The van der Waals surface area contributed by atoms with E-state index in [2.05, 4.69) is 31.0 Å². The number of carbonyl (C=O) groups excluding carboxylic acids is 1. The van der Waals surface area contributed by atoms with Crippen LogP contribution in [-0.2, 0) is 4.84 Å². The van der Waals surface area contributed by atoms with Crippen LogP contribution in [0.3, 0.4) is 0 Å². The van der Waals surface area contributed by atoms with Crippen molar-refractivity contribution in [1.29, 1.82) is 0 Å². The van der Waals surface area contributed by atoms with Crippen LogP contribution in [-0.4, -0.2) is 53.3 Å². The van der Waals surface area contributed by atoms with Crippen molar-refractivity contribution in [2.24, 2.45) is 5.16 Å². The molecule has 0 spiro atoms. The number of nitrogens with zero attached hydrogens (tertiary/aromatic N) is 4. The lowest BCUT2D eigenvalue weighted by Gasteiger charge is -2.15. The van der Waals surface area contributed by atoms with Gasteiger partial charge in [0.15, 0.2) is 6.10 Å². The van der Waals surface area contributed by atoms with Gasteiger partial charge < -0.3 is 24.9 Å². The van der Waals surface area contributed by atoms with Gasteiger partial charge in [0.05, 0.1) is 37.4 Å². The first-order chi connectivity index (χ1) is 15.7. The number of aromatic nitrogens is 3. The molecule has 10 nitrogen and oxygen atoms in total. The number of ether oxygens (including phenoxy) is 2. The normalized spacial score (nSPS) is 14.8. The van der Waals surface area contributed by atoms with Crippen LogP contribution in [0.4, 0.5) is 10.5 Å². The van der Waals surface area contributed by atoms with Crippen LogP contribution in [0.2, 0.25) is 0 Å². The van der Waals surface area contributed by atoms with Crippen molar-refractivity contribution < 1.29 is 19.1 Å². The Bertz CT molecular complexity index is 1090. The van der Waals surface area contributed by atoms with E-state index < -0.39 is 0 Å². The summed E-state index contributed by atoms with van der Waals surface area (Å²) in [6.45, 7) is 0.575. The number of amides is 2. The molecule has 0 bridgehead atoms. The van der Waals surface area contributed by atoms with Crippen LogP contribution >= 0.6 is 0 Å². The van der Waals surface area contributed by atoms with Crippen molar-refractivity contribution in [2.45, 2.75) is 12.5 Å². The van der Waals surface area contributed by atoms with Gasteiger partial charge in [0, 0.05) is 29.9 Å². The molecule has 0 aliphatic carbocycles. The molecule has 1 aliphatic heterocycles.